The minimum Gasteiger partial charge on any atom is -0.488 e. The van der Waals surface area contributed by atoms with Crippen molar-refractivity contribution in [2.45, 2.75) is 20.1 Å². The summed E-state index contributed by atoms with van der Waals surface area (Å²) >= 11 is 3.42. The Bertz CT molecular complexity index is 662. The van der Waals surface area contributed by atoms with Gasteiger partial charge >= 0.3 is 0 Å². The predicted octanol–water partition coefficient (Wildman–Crippen LogP) is 3.70. The summed E-state index contributed by atoms with van der Waals surface area (Å²) in [4.78, 5) is 0. The lowest BCUT2D eigenvalue weighted by Crippen LogP contribution is -1.99. The first-order valence-corrected chi connectivity index (χ1v) is 6.95. The normalized spacial score (nSPS) is 10.1. The van der Waals surface area contributed by atoms with Gasteiger partial charge in [-0.3, -0.25) is 0 Å². The fourth-order valence-corrected chi connectivity index (χ4v) is 2.38. The molecule has 1 N–H and O–H groups in total. The van der Waals surface area contributed by atoms with Crippen LogP contribution in [0.1, 0.15) is 22.3 Å². The second kappa shape index (κ2) is 6.56. The quantitative estimate of drug-likeness (QED) is 0.929. The number of aliphatic hydroxyl groups is 1. The third-order valence-corrected chi connectivity index (χ3v) is 3.65. The van der Waals surface area contributed by atoms with Crippen LogP contribution in [0.25, 0.3) is 0 Å². The summed E-state index contributed by atoms with van der Waals surface area (Å²) in [6.45, 7) is 2.41. The molecule has 0 saturated heterocycles. The van der Waals surface area contributed by atoms with Gasteiger partial charge in [-0.15, -0.1) is 0 Å². The first-order valence-electron chi connectivity index (χ1n) is 6.15. The van der Waals surface area contributed by atoms with Gasteiger partial charge in [0.25, 0.3) is 0 Å². The summed E-state index contributed by atoms with van der Waals surface area (Å²) in [5, 5.41) is 17.9. The number of benzene rings is 2. The molecule has 0 saturated carbocycles. The summed E-state index contributed by atoms with van der Waals surface area (Å²) in [5.41, 5.74) is 3.56. The Hall–Kier alpha value is -1.83. The van der Waals surface area contributed by atoms with Gasteiger partial charge in [0.05, 0.1) is 22.7 Å². The van der Waals surface area contributed by atoms with Crippen molar-refractivity contribution in [2.24, 2.45) is 0 Å². The van der Waals surface area contributed by atoms with Crippen LogP contribution in [0.5, 0.6) is 5.75 Å². The first kappa shape index (κ1) is 14.6. The Kier molecular flexibility index (Phi) is 4.78. The summed E-state index contributed by atoms with van der Waals surface area (Å²) in [7, 11) is 0. The Labute approximate surface area is 126 Å². The highest BCUT2D eigenvalue weighted by Crippen LogP contribution is 2.27. The van der Waals surface area contributed by atoms with Crippen LogP contribution in [0.2, 0.25) is 0 Å². The molecule has 0 aliphatic heterocycles. The lowest BCUT2D eigenvalue weighted by molar-refractivity contribution is 0.280. The number of hydrogen-bond donors (Lipinski definition) is 1. The topological polar surface area (TPSA) is 53.2 Å². The molecule has 20 heavy (non-hydrogen) atoms. The molecule has 0 unspecified atom stereocenters. The second-order valence-corrected chi connectivity index (χ2v) is 5.32. The lowest BCUT2D eigenvalue weighted by Gasteiger charge is -2.11. The van der Waals surface area contributed by atoms with Gasteiger partial charge in [-0.1, -0.05) is 12.1 Å². The summed E-state index contributed by atoms with van der Waals surface area (Å²) < 4.78 is 6.58. The summed E-state index contributed by atoms with van der Waals surface area (Å²) in [5.74, 6) is 0.728. The molecule has 0 amide bonds. The van der Waals surface area contributed by atoms with Gasteiger partial charge in [0.2, 0.25) is 0 Å². The van der Waals surface area contributed by atoms with E-state index in [0.29, 0.717) is 12.2 Å². The van der Waals surface area contributed by atoms with Crippen molar-refractivity contribution in [1.82, 2.24) is 0 Å². The molecule has 2 aromatic rings. The Morgan fingerprint density at radius 1 is 1.25 bits per heavy atom. The third kappa shape index (κ3) is 3.38. The van der Waals surface area contributed by atoms with Crippen LogP contribution in [0.15, 0.2) is 40.9 Å². The van der Waals surface area contributed by atoms with Crippen molar-refractivity contribution >= 4 is 15.9 Å². The van der Waals surface area contributed by atoms with E-state index in [1.165, 1.54) is 0 Å². The van der Waals surface area contributed by atoms with E-state index in [4.69, 9.17) is 15.1 Å². The van der Waals surface area contributed by atoms with Crippen molar-refractivity contribution in [3.05, 3.63) is 63.1 Å². The van der Waals surface area contributed by atoms with Gasteiger partial charge in [-0.2, -0.15) is 5.26 Å². The number of nitriles is 1. The average Bonchev–Trinajstić information content (AvgIpc) is 2.46. The van der Waals surface area contributed by atoms with Crippen molar-refractivity contribution < 1.29 is 9.84 Å². The van der Waals surface area contributed by atoms with E-state index in [1.807, 2.05) is 37.3 Å². The molecule has 0 aliphatic carbocycles. The van der Waals surface area contributed by atoms with E-state index in [0.717, 1.165) is 26.9 Å². The van der Waals surface area contributed by atoms with E-state index in [-0.39, 0.29) is 6.61 Å². The summed E-state index contributed by atoms with van der Waals surface area (Å²) in [6, 6.07) is 13.1. The number of hydrogen-bond acceptors (Lipinski definition) is 3. The number of aliphatic hydroxyl groups excluding tert-OH is 1. The molecule has 0 aliphatic rings. The molecule has 2 rings (SSSR count). The van der Waals surface area contributed by atoms with E-state index >= 15 is 0 Å². The number of aryl methyl sites for hydroxylation is 1. The zero-order valence-electron chi connectivity index (χ0n) is 11.1. The highest BCUT2D eigenvalue weighted by Gasteiger charge is 2.05. The largest absolute Gasteiger partial charge is 0.488 e. The van der Waals surface area contributed by atoms with Gasteiger partial charge in [0.15, 0.2) is 0 Å². The third-order valence-electron chi connectivity index (χ3n) is 3.03. The standard InChI is InChI=1S/C16H14BrNO2/c1-11-6-12(8-18)2-4-14(11)10-20-16-5-3-13(9-19)7-15(16)17/h2-7,19H,9-10H2,1H3. The maximum atomic E-state index is 9.06. The molecule has 0 atom stereocenters. The maximum Gasteiger partial charge on any atom is 0.134 e. The van der Waals surface area contributed by atoms with E-state index in [9.17, 15) is 0 Å². The average molecular weight is 332 g/mol. The van der Waals surface area contributed by atoms with Crippen molar-refractivity contribution in [2.75, 3.05) is 0 Å². The van der Waals surface area contributed by atoms with E-state index in [1.54, 1.807) is 6.07 Å². The molecular formula is C16H14BrNO2. The van der Waals surface area contributed by atoms with Gasteiger partial charge in [0, 0.05) is 0 Å². The Morgan fingerprint density at radius 3 is 2.65 bits per heavy atom. The van der Waals surface area contributed by atoms with Crippen LogP contribution in [-0.2, 0) is 13.2 Å². The molecule has 4 heteroatoms. The molecular weight excluding hydrogens is 318 g/mol. The SMILES string of the molecule is Cc1cc(C#N)ccc1COc1ccc(CO)cc1Br. The van der Waals surface area contributed by atoms with Gasteiger partial charge in [-0.05, 0) is 63.8 Å². The number of nitrogens with zero attached hydrogens (tertiary/aromatic N) is 1. The van der Waals surface area contributed by atoms with Crippen LogP contribution < -0.4 is 4.74 Å². The highest BCUT2D eigenvalue weighted by molar-refractivity contribution is 9.10. The smallest absolute Gasteiger partial charge is 0.134 e. The minimum atomic E-state index is 0.00755. The molecule has 0 radical (unpaired) electrons. The predicted molar refractivity (Wildman–Crippen MR) is 80.3 cm³/mol. The van der Waals surface area contributed by atoms with Crippen LogP contribution in [0.4, 0.5) is 0 Å². The highest BCUT2D eigenvalue weighted by atomic mass is 79.9. The molecule has 2 aromatic carbocycles. The first-order chi connectivity index (χ1) is 9.63. The molecule has 0 heterocycles. The van der Waals surface area contributed by atoms with E-state index in [2.05, 4.69) is 22.0 Å². The molecule has 3 nitrogen and oxygen atoms in total. The molecule has 0 bridgehead atoms. The maximum absolute atomic E-state index is 9.06. The van der Waals surface area contributed by atoms with Crippen molar-refractivity contribution in [3.63, 3.8) is 0 Å². The zero-order chi connectivity index (χ0) is 14.5. The van der Waals surface area contributed by atoms with Gasteiger partial charge in [-0.25, -0.2) is 0 Å². The second-order valence-electron chi connectivity index (χ2n) is 4.46. The van der Waals surface area contributed by atoms with Gasteiger partial charge in [0.1, 0.15) is 12.4 Å². The van der Waals surface area contributed by atoms with E-state index < -0.39 is 0 Å². The monoisotopic (exact) mass is 331 g/mol. The van der Waals surface area contributed by atoms with Crippen molar-refractivity contribution in [3.8, 4) is 11.8 Å². The van der Waals surface area contributed by atoms with Crippen LogP contribution in [0.3, 0.4) is 0 Å². The fraction of sp³-hybridized carbons (Fsp3) is 0.188. The van der Waals surface area contributed by atoms with Crippen molar-refractivity contribution in [1.29, 1.82) is 5.26 Å². The van der Waals surface area contributed by atoms with Crippen LogP contribution >= 0.6 is 15.9 Å². The van der Waals surface area contributed by atoms with Crippen LogP contribution in [-0.4, -0.2) is 5.11 Å². The lowest BCUT2D eigenvalue weighted by atomic mass is 10.1. The molecule has 0 spiro atoms. The zero-order valence-corrected chi connectivity index (χ0v) is 12.6. The molecule has 0 fully saturated rings. The number of ether oxygens (including phenoxy) is 1. The molecule has 0 aromatic heterocycles. The minimum absolute atomic E-state index is 0.00755. The summed E-state index contributed by atoms with van der Waals surface area (Å²) in [6.07, 6.45) is 0. The fourth-order valence-electron chi connectivity index (χ4n) is 1.84. The van der Waals surface area contributed by atoms with Gasteiger partial charge < -0.3 is 9.84 Å². The number of rotatable bonds is 4. The van der Waals surface area contributed by atoms with Crippen LogP contribution in [0, 0.1) is 18.3 Å². The Morgan fingerprint density at radius 2 is 2.05 bits per heavy atom. The number of halogens is 1. The molecule has 102 valence electrons. The Balaban J connectivity index is 2.11.